The standard InChI is InChI=1S/C16H24N4OS/c1-4-11(3)6-9-14-12(5-2)7-8-13(18-14)10-21-16-20-19-15(17)22-16/h7-8,11H,4-6,9-10H2,1-3H3,(H2,17,19). The van der Waals surface area contributed by atoms with E-state index in [9.17, 15) is 0 Å². The Labute approximate surface area is 135 Å². The van der Waals surface area contributed by atoms with Gasteiger partial charge in [-0.25, -0.2) is 0 Å². The SMILES string of the molecule is CCc1ccc(COc2nnc(N)s2)nc1CCC(C)CC. The summed E-state index contributed by atoms with van der Waals surface area (Å²) in [5.74, 6) is 0.732. The van der Waals surface area contributed by atoms with Gasteiger partial charge in [0.2, 0.25) is 5.13 Å². The summed E-state index contributed by atoms with van der Waals surface area (Å²) in [5, 5.41) is 8.49. The second-order valence-corrected chi connectivity index (χ2v) is 6.48. The molecule has 1 atom stereocenters. The van der Waals surface area contributed by atoms with E-state index < -0.39 is 0 Å². The predicted octanol–water partition coefficient (Wildman–Crippen LogP) is 3.64. The molecule has 0 radical (unpaired) electrons. The van der Waals surface area contributed by atoms with Crippen LogP contribution in [-0.2, 0) is 19.4 Å². The fraction of sp³-hybridized carbons (Fsp3) is 0.562. The van der Waals surface area contributed by atoms with Gasteiger partial charge in [-0.2, -0.15) is 0 Å². The van der Waals surface area contributed by atoms with Crippen molar-refractivity contribution in [2.75, 3.05) is 5.73 Å². The molecule has 2 N–H and O–H groups in total. The van der Waals surface area contributed by atoms with Gasteiger partial charge in [0.15, 0.2) is 0 Å². The van der Waals surface area contributed by atoms with E-state index in [1.165, 1.54) is 35.4 Å². The van der Waals surface area contributed by atoms with Crippen LogP contribution in [0.15, 0.2) is 12.1 Å². The summed E-state index contributed by atoms with van der Waals surface area (Å²) < 4.78 is 5.59. The van der Waals surface area contributed by atoms with Gasteiger partial charge in [0, 0.05) is 5.69 Å². The molecular weight excluding hydrogens is 296 g/mol. The third kappa shape index (κ3) is 4.66. The molecule has 0 fully saturated rings. The Morgan fingerprint density at radius 3 is 2.73 bits per heavy atom. The van der Waals surface area contributed by atoms with Gasteiger partial charge in [-0.1, -0.05) is 38.4 Å². The van der Waals surface area contributed by atoms with Crippen molar-refractivity contribution in [3.8, 4) is 5.19 Å². The van der Waals surface area contributed by atoms with Gasteiger partial charge in [-0.05, 0) is 48.1 Å². The Kier molecular flexibility index (Phi) is 6.12. The first kappa shape index (κ1) is 16.7. The van der Waals surface area contributed by atoms with Crippen LogP contribution < -0.4 is 10.5 Å². The van der Waals surface area contributed by atoms with Crippen molar-refractivity contribution in [3.63, 3.8) is 0 Å². The molecule has 0 bridgehead atoms. The second kappa shape index (κ2) is 8.08. The molecule has 1 unspecified atom stereocenters. The van der Waals surface area contributed by atoms with Gasteiger partial charge < -0.3 is 10.5 Å². The number of aromatic nitrogens is 3. The van der Waals surface area contributed by atoms with Crippen LogP contribution in [0.4, 0.5) is 5.13 Å². The number of aryl methyl sites for hydroxylation is 2. The van der Waals surface area contributed by atoms with Gasteiger partial charge in [-0.3, -0.25) is 4.98 Å². The van der Waals surface area contributed by atoms with E-state index in [1.807, 2.05) is 6.07 Å². The van der Waals surface area contributed by atoms with E-state index >= 15 is 0 Å². The summed E-state index contributed by atoms with van der Waals surface area (Å²) >= 11 is 1.24. The summed E-state index contributed by atoms with van der Waals surface area (Å²) in [7, 11) is 0. The zero-order valence-electron chi connectivity index (χ0n) is 13.5. The molecular formula is C16H24N4OS. The highest BCUT2D eigenvalue weighted by atomic mass is 32.1. The Balaban J connectivity index is 2.02. The molecule has 0 saturated carbocycles. The lowest BCUT2D eigenvalue weighted by molar-refractivity contribution is 0.296. The van der Waals surface area contributed by atoms with Gasteiger partial charge in [-0.15, -0.1) is 5.10 Å². The fourth-order valence-electron chi connectivity index (χ4n) is 2.20. The lowest BCUT2D eigenvalue weighted by Crippen LogP contribution is -2.06. The molecule has 2 rings (SSSR count). The Morgan fingerprint density at radius 1 is 1.27 bits per heavy atom. The van der Waals surface area contributed by atoms with E-state index in [2.05, 4.69) is 37.0 Å². The number of nitrogen functional groups attached to an aromatic ring is 1. The van der Waals surface area contributed by atoms with Gasteiger partial charge >= 0.3 is 0 Å². The third-order valence-corrected chi connectivity index (χ3v) is 4.51. The van der Waals surface area contributed by atoms with Crippen LogP contribution in [0.1, 0.15) is 50.6 Å². The quantitative estimate of drug-likeness (QED) is 0.804. The smallest absolute Gasteiger partial charge is 0.296 e. The average molecular weight is 320 g/mol. The predicted molar refractivity (Wildman–Crippen MR) is 90.0 cm³/mol. The molecule has 2 aromatic rings. The Bertz CT molecular complexity index is 600. The molecule has 22 heavy (non-hydrogen) atoms. The van der Waals surface area contributed by atoms with Crippen molar-refractivity contribution in [2.24, 2.45) is 5.92 Å². The van der Waals surface area contributed by atoms with E-state index in [0.29, 0.717) is 16.9 Å². The zero-order chi connectivity index (χ0) is 15.9. The summed E-state index contributed by atoms with van der Waals surface area (Å²) in [6.07, 6.45) is 4.42. The van der Waals surface area contributed by atoms with Crippen molar-refractivity contribution in [2.45, 2.75) is 53.1 Å². The maximum atomic E-state index is 5.59. The lowest BCUT2D eigenvalue weighted by Gasteiger charge is -2.12. The average Bonchev–Trinajstić information content (AvgIpc) is 2.96. The Morgan fingerprint density at radius 2 is 2.09 bits per heavy atom. The number of nitrogens with two attached hydrogens (primary N) is 1. The molecule has 5 nitrogen and oxygen atoms in total. The minimum atomic E-state index is 0.398. The first-order chi connectivity index (χ1) is 10.6. The number of ether oxygens (including phenoxy) is 1. The fourth-order valence-corrected chi connectivity index (χ4v) is 2.66. The molecule has 0 aliphatic rings. The molecule has 0 aromatic carbocycles. The van der Waals surface area contributed by atoms with Crippen LogP contribution in [0.3, 0.4) is 0 Å². The molecule has 0 aliphatic heterocycles. The van der Waals surface area contributed by atoms with Crippen molar-refractivity contribution >= 4 is 16.5 Å². The van der Waals surface area contributed by atoms with Crippen LogP contribution in [0, 0.1) is 5.92 Å². The molecule has 6 heteroatoms. The minimum absolute atomic E-state index is 0.398. The second-order valence-electron chi connectivity index (χ2n) is 5.51. The topological polar surface area (TPSA) is 73.9 Å². The van der Waals surface area contributed by atoms with E-state index in [4.69, 9.17) is 15.5 Å². The number of nitrogens with zero attached hydrogens (tertiary/aromatic N) is 3. The molecule has 0 amide bonds. The summed E-state index contributed by atoms with van der Waals surface area (Å²) in [6.45, 7) is 7.09. The minimum Gasteiger partial charge on any atom is -0.462 e. The maximum absolute atomic E-state index is 5.59. The van der Waals surface area contributed by atoms with Crippen LogP contribution in [-0.4, -0.2) is 15.2 Å². The number of rotatable bonds is 8. The van der Waals surface area contributed by atoms with Crippen molar-refractivity contribution in [1.82, 2.24) is 15.2 Å². The van der Waals surface area contributed by atoms with Crippen molar-refractivity contribution in [3.05, 3.63) is 29.1 Å². The first-order valence-corrected chi connectivity index (χ1v) is 8.63. The zero-order valence-corrected chi connectivity index (χ0v) is 14.3. The van der Waals surface area contributed by atoms with Gasteiger partial charge in [0.1, 0.15) is 6.61 Å². The first-order valence-electron chi connectivity index (χ1n) is 7.81. The van der Waals surface area contributed by atoms with Gasteiger partial charge in [0.05, 0.1) is 5.69 Å². The normalized spacial score (nSPS) is 12.3. The van der Waals surface area contributed by atoms with Crippen LogP contribution in [0.25, 0.3) is 0 Å². The highest BCUT2D eigenvalue weighted by molar-refractivity contribution is 7.16. The molecule has 0 saturated heterocycles. The number of hydrogen-bond donors (Lipinski definition) is 1. The van der Waals surface area contributed by atoms with E-state index in [-0.39, 0.29) is 0 Å². The summed E-state index contributed by atoms with van der Waals surface area (Å²) in [6, 6.07) is 4.18. The largest absolute Gasteiger partial charge is 0.462 e. The van der Waals surface area contributed by atoms with E-state index in [1.54, 1.807) is 0 Å². The highest BCUT2D eigenvalue weighted by Crippen LogP contribution is 2.21. The van der Waals surface area contributed by atoms with E-state index in [0.717, 1.165) is 24.5 Å². The van der Waals surface area contributed by atoms with Crippen molar-refractivity contribution < 1.29 is 4.74 Å². The molecule has 120 valence electrons. The molecule has 0 spiro atoms. The Hall–Kier alpha value is -1.69. The third-order valence-electron chi connectivity index (χ3n) is 3.84. The molecule has 2 heterocycles. The highest BCUT2D eigenvalue weighted by Gasteiger charge is 2.09. The summed E-state index contributed by atoms with van der Waals surface area (Å²) in [4.78, 5) is 4.77. The van der Waals surface area contributed by atoms with Crippen LogP contribution in [0.5, 0.6) is 5.19 Å². The van der Waals surface area contributed by atoms with Crippen molar-refractivity contribution in [1.29, 1.82) is 0 Å². The number of hydrogen-bond acceptors (Lipinski definition) is 6. The number of anilines is 1. The molecule has 0 aliphatic carbocycles. The van der Waals surface area contributed by atoms with Crippen LogP contribution >= 0.6 is 11.3 Å². The summed E-state index contributed by atoms with van der Waals surface area (Å²) in [5.41, 5.74) is 8.98. The number of pyridine rings is 1. The lowest BCUT2D eigenvalue weighted by atomic mass is 9.98. The monoisotopic (exact) mass is 320 g/mol. The van der Waals surface area contributed by atoms with Gasteiger partial charge in [0.25, 0.3) is 5.19 Å². The molecule has 2 aromatic heterocycles. The maximum Gasteiger partial charge on any atom is 0.296 e. The van der Waals surface area contributed by atoms with Crippen LogP contribution in [0.2, 0.25) is 0 Å².